The van der Waals surface area contributed by atoms with Crippen LogP contribution in [0.25, 0.3) is 0 Å². The van der Waals surface area contributed by atoms with Gasteiger partial charge in [0.2, 0.25) is 10.0 Å². The second-order valence-electron chi connectivity index (χ2n) is 4.77. The van der Waals surface area contributed by atoms with Crippen LogP contribution in [0.2, 0.25) is 0 Å². The molecule has 1 saturated carbocycles. The zero-order chi connectivity index (χ0) is 14.8. The molecule has 0 unspecified atom stereocenters. The van der Waals surface area contributed by atoms with Crippen molar-refractivity contribution in [3.05, 3.63) is 23.8 Å². The minimum Gasteiger partial charge on any atom is -0.497 e. The molecule has 2 rings (SSSR count). The standard InChI is InChI=1S/C13H17NO5S/c1-19-9-6-7-11(13(15)16)12(8-9)14-20(17,18)10-4-2-3-5-10/h6-8,10,14H,2-5H2,1H3,(H,15,16). The van der Waals surface area contributed by atoms with E-state index >= 15 is 0 Å². The average Bonchev–Trinajstić information content (AvgIpc) is 2.92. The van der Waals surface area contributed by atoms with Crippen LogP contribution in [0.15, 0.2) is 18.2 Å². The monoisotopic (exact) mass is 299 g/mol. The van der Waals surface area contributed by atoms with Gasteiger partial charge in [-0.05, 0) is 25.0 Å². The third-order valence-electron chi connectivity index (χ3n) is 3.45. The van der Waals surface area contributed by atoms with Crippen molar-refractivity contribution in [1.29, 1.82) is 0 Å². The zero-order valence-corrected chi connectivity index (χ0v) is 11.9. The van der Waals surface area contributed by atoms with Gasteiger partial charge >= 0.3 is 5.97 Å². The van der Waals surface area contributed by atoms with Crippen molar-refractivity contribution < 1.29 is 23.1 Å². The first-order valence-electron chi connectivity index (χ1n) is 6.37. The number of anilines is 1. The number of carbonyl (C=O) groups is 1. The van der Waals surface area contributed by atoms with Crippen LogP contribution >= 0.6 is 0 Å². The Labute approximate surface area is 117 Å². The summed E-state index contributed by atoms with van der Waals surface area (Å²) in [5.41, 5.74) is -0.0453. The lowest BCUT2D eigenvalue weighted by Gasteiger charge is -2.15. The van der Waals surface area contributed by atoms with Gasteiger partial charge < -0.3 is 9.84 Å². The Kier molecular flexibility index (Phi) is 4.17. The molecule has 1 fully saturated rings. The molecule has 7 heteroatoms. The van der Waals surface area contributed by atoms with Crippen LogP contribution in [0.1, 0.15) is 36.0 Å². The number of rotatable bonds is 5. The second kappa shape index (κ2) is 5.70. The van der Waals surface area contributed by atoms with Gasteiger partial charge in [-0.15, -0.1) is 0 Å². The molecule has 0 radical (unpaired) electrons. The van der Waals surface area contributed by atoms with Crippen LogP contribution in [0, 0.1) is 0 Å². The van der Waals surface area contributed by atoms with Crippen molar-refractivity contribution in [3.8, 4) is 5.75 Å². The van der Waals surface area contributed by atoms with Crippen LogP contribution in [-0.4, -0.2) is 31.9 Å². The molecular weight excluding hydrogens is 282 g/mol. The molecule has 0 heterocycles. The normalized spacial score (nSPS) is 16.1. The van der Waals surface area contributed by atoms with Gasteiger partial charge in [0.25, 0.3) is 0 Å². The van der Waals surface area contributed by atoms with Crippen molar-refractivity contribution in [3.63, 3.8) is 0 Å². The summed E-state index contributed by atoms with van der Waals surface area (Å²) in [6.45, 7) is 0. The maximum Gasteiger partial charge on any atom is 0.337 e. The fourth-order valence-electron chi connectivity index (χ4n) is 2.36. The third kappa shape index (κ3) is 3.04. The van der Waals surface area contributed by atoms with Crippen LogP contribution in [0.4, 0.5) is 5.69 Å². The van der Waals surface area contributed by atoms with Crippen molar-refractivity contribution in [2.24, 2.45) is 0 Å². The number of aromatic carboxylic acids is 1. The molecule has 20 heavy (non-hydrogen) atoms. The molecule has 1 aliphatic rings. The minimum absolute atomic E-state index is 0.0451. The Morgan fingerprint density at radius 3 is 2.55 bits per heavy atom. The Morgan fingerprint density at radius 2 is 2.00 bits per heavy atom. The fourth-order valence-corrected chi connectivity index (χ4v) is 3.95. The largest absolute Gasteiger partial charge is 0.497 e. The number of methoxy groups -OCH3 is 1. The van der Waals surface area contributed by atoms with Gasteiger partial charge in [-0.2, -0.15) is 0 Å². The average molecular weight is 299 g/mol. The first-order chi connectivity index (χ1) is 9.44. The molecule has 2 N–H and O–H groups in total. The van der Waals surface area contributed by atoms with E-state index in [1.165, 1.54) is 25.3 Å². The highest BCUT2D eigenvalue weighted by Crippen LogP contribution is 2.29. The van der Waals surface area contributed by atoms with Gasteiger partial charge in [-0.1, -0.05) is 12.8 Å². The van der Waals surface area contributed by atoms with Crippen molar-refractivity contribution in [1.82, 2.24) is 0 Å². The Hall–Kier alpha value is -1.76. The van der Waals surface area contributed by atoms with Gasteiger partial charge in [-0.25, -0.2) is 13.2 Å². The molecule has 0 bridgehead atoms. The summed E-state index contributed by atoms with van der Waals surface area (Å²) in [5.74, 6) is -0.782. The molecule has 6 nitrogen and oxygen atoms in total. The highest BCUT2D eigenvalue weighted by molar-refractivity contribution is 7.93. The molecule has 1 aromatic rings. The zero-order valence-electron chi connectivity index (χ0n) is 11.1. The lowest BCUT2D eigenvalue weighted by Crippen LogP contribution is -2.26. The maximum atomic E-state index is 12.2. The third-order valence-corrected chi connectivity index (χ3v) is 5.30. The molecule has 0 saturated heterocycles. The highest BCUT2D eigenvalue weighted by Gasteiger charge is 2.29. The topological polar surface area (TPSA) is 92.7 Å². The summed E-state index contributed by atoms with van der Waals surface area (Å²) >= 11 is 0. The van der Waals surface area contributed by atoms with Gasteiger partial charge in [0.05, 0.1) is 23.6 Å². The summed E-state index contributed by atoms with van der Waals surface area (Å²) in [6.07, 6.45) is 2.99. The lowest BCUT2D eigenvalue weighted by atomic mass is 10.2. The number of ether oxygens (including phenoxy) is 1. The van der Waals surface area contributed by atoms with E-state index in [1.54, 1.807) is 0 Å². The minimum atomic E-state index is -3.56. The van der Waals surface area contributed by atoms with E-state index in [0.717, 1.165) is 12.8 Å². The molecule has 1 aliphatic carbocycles. The van der Waals surface area contributed by atoms with Gasteiger partial charge in [-0.3, -0.25) is 4.72 Å². The molecule has 0 aromatic heterocycles. The summed E-state index contributed by atoms with van der Waals surface area (Å²) in [7, 11) is -2.13. The molecular formula is C13H17NO5S. The SMILES string of the molecule is COc1ccc(C(=O)O)c(NS(=O)(=O)C2CCCC2)c1. The van der Waals surface area contributed by atoms with Gasteiger partial charge in [0, 0.05) is 6.07 Å². The number of sulfonamides is 1. The van der Waals surface area contributed by atoms with E-state index < -0.39 is 21.2 Å². The molecule has 0 aliphatic heterocycles. The van der Waals surface area contributed by atoms with E-state index in [4.69, 9.17) is 9.84 Å². The van der Waals surface area contributed by atoms with Crippen molar-refractivity contribution in [2.45, 2.75) is 30.9 Å². The van der Waals surface area contributed by atoms with Crippen LogP contribution in [0.5, 0.6) is 5.75 Å². The van der Waals surface area contributed by atoms with E-state index in [-0.39, 0.29) is 11.3 Å². The van der Waals surface area contributed by atoms with E-state index in [9.17, 15) is 13.2 Å². The second-order valence-corrected chi connectivity index (χ2v) is 6.73. The highest BCUT2D eigenvalue weighted by atomic mass is 32.2. The predicted molar refractivity (Wildman–Crippen MR) is 74.8 cm³/mol. The van der Waals surface area contributed by atoms with Crippen molar-refractivity contribution in [2.75, 3.05) is 11.8 Å². The molecule has 110 valence electrons. The molecule has 1 aromatic carbocycles. The molecule has 0 amide bonds. The lowest BCUT2D eigenvalue weighted by molar-refractivity contribution is 0.0698. The Bertz CT molecular complexity index is 605. The predicted octanol–water partition coefficient (Wildman–Crippen LogP) is 2.08. The number of hydrogen-bond donors (Lipinski definition) is 2. The Balaban J connectivity index is 2.33. The van der Waals surface area contributed by atoms with E-state index in [2.05, 4.69) is 4.72 Å². The summed E-state index contributed by atoms with van der Waals surface area (Å²) in [5, 5.41) is 8.67. The van der Waals surface area contributed by atoms with Crippen LogP contribution in [0.3, 0.4) is 0 Å². The number of hydrogen-bond acceptors (Lipinski definition) is 4. The quantitative estimate of drug-likeness (QED) is 0.868. The number of nitrogens with one attached hydrogen (secondary N) is 1. The smallest absolute Gasteiger partial charge is 0.337 e. The van der Waals surface area contributed by atoms with Crippen LogP contribution in [-0.2, 0) is 10.0 Å². The number of carboxylic acid groups (broad SMARTS) is 1. The summed E-state index contributed by atoms with van der Waals surface area (Å²) < 4.78 is 31.9. The first kappa shape index (κ1) is 14.6. The number of benzene rings is 1. The first-order valence-corrected chi connectivity index (χ1v) is 7.91. The van der Waals surface area contributed by atoms with Crippen molar-refractivity contribution >= 4 is 21.7 Å². The summed E-state index contributed by atoms with van der Waals surface area (Å²) in [6, 6.07) is 4.19. The number of carboxylic acids is 1. The van der Waals surface area contributed by atoms with E-state index in [1.807, 2.05) is 0 Å². The van der Waals surface area contributed by atoms with Crippen LogP contribution < -0.4 is 9.46 Å². The Morgan fingerprint density at radius 1 is 1.35 bits per heavy atom. The summed E-state index contributed by atoms with van der Waals surface area (Å²) in [4.78, 5) is 11.2. The fraction of sp³-hybridized carbons (Fsp3) is 0.462. The molecule has 0 spiro atoms. The van der Waals surface area contributed by atoms with Gasteiger partial charge in [0.15, 0.2) is 0 Å². The maximum absolute atomic E-state index is 12.2. The van der Waals surface area contributed by atoms with Gasteiger partial charge in [0.1, 0.15) is 5.75 Å². The van der Waals surface area contributed by atoms with E-state index in [0.29, 0.717) is 18.6 Å². The molecule has 0 atom stereocenters.